The van der Waals surface area contributed by atoms with Crippen molar-refractivity contribution >= 4 is 17.7 Å². The van der Waals surface area contributed by atoms with Gasteiger partial charge in [0.05, 0.1) is 0 Å². The standard InChI is InChI=1S/C12H20N4S/c1-9-8-17-5-4-16(9)12-14-7-11(6-13-3)10(2)15-12/h7,9,13H,4-6,8H2,1-3H3. The number of nitrogens with one attached hydrogen (secondary N) is 1. The zero-order valence-corrected chi connectivity index (χ0v) is 11.5. The van der Waals surface area contributed by atoms with Crippen molar-refractivity contribution in [3.8, 4) is 0 Å². The molecule has 1 N–H and O–H groups in total. The summed E-state index contributed by atoms with van der Waals surface area (Å²) in [5.41, 5.74) is 2.25. The predicted molar refractivity (Wildman–Crippen MR) is 73.7 cm³/mol. The fourth-order valence-corrected chi connectivity index (χ4v) is 3.02. The summed E-state index contributed by atoms with van der Waals surface area (Å²) < 4.78 is 0. The smallest absolute Gasteiger partial charge is 0.225 e. The van der Waals surface area contributed by atoms with Crippen molar-refractivity contribution in [2.24, 2.45) is 0 Å². The van der Waals surface area contributed by atoms with Gasteiger partial charge in [0.2, 0.25) is 5.95 Å². The van der Waals surface area contributed by atoms with Crippen LogP contribution in [0.4, 0.5) is 5.95 Å². The average Bonchev–Trinajstić information content (AvgIpc) is 2.33. The van der Waals surface area contributed by atoms with Gasteiger partial charge in [-0.2, -0.15) is 11.8 Å². The van der Waals surface area contributed by atoms with E-state index in [1.54, 1.807) is 0 Å². The zero-order valence-electron chi connectivity index (χ0n) is 10.7. The maximum atomic E-state index is 4.63. The minimum absolute atomic E-state index is 0.531. The molecule has 0 radical (unpaired) electrons. The molecule has 1 aliphatic rings. The lowest BCUT2D eigenvalue weighted by Crippen LogP contribution is -2.41. The van der Waals surface area contributed by atoms with Crippen molar-refractivity contribution in [3.05, 3.63) is 17.5 Å². The summed E-state index contributed by atoms with van der Waals surface area (Å²) in [5, 5.41) is 3.14. The molecule has 4 nitrogen and oxygen atoms in total. The average molecular weight is 252 g/mol. The molecule has 0 spiro atoms. The number of hydrogen-bond acceptors (Lipinski definition) is 5. The first-order valence-corrected chi connectivity index (χ1v) is 7.19. The van der Waals surface area contributed by atoms with Gasteiger partial charge in [0.1, 0.15) is 0 Å². The van der Waals surface area contributed by atoms with Crippen LogP contribution in [-0.4, -0.2) is 41.1 Å². The first-order valence-electron chi connectivity index (χ1n) is 6.04. The number of nitrogens with zero attached hydrogens (tertiary/aromatic N) is 3. The number of thioether (sulfide) groups is 1. The van der Waals surface area contributed by atoms with Crippen molar-refractivity contribution in [1.82, 2.24) is 15.3 Å². The number of aromatic nitrogens is 2. The van der Waals surface area contributed by atoms with E-state index in [1.165, 1.54) is 17.1 Å². The topological polar surface area (TPSA) is 41.1 Å². The second-order valence-corrected chi connectivity index (χ2v) is 5.58. The van der Waals surface area contributed by atoms with Gasteiger partial charge >= 0.3 is 0 Å². The van der Waals surface area contributed by atoms with E-state index < -0.39 is 0 Å². The van der Waals surface area contributed by atoms with E-state index in [1.807, 2.05) is 25.0 Å². The molecule has 1 atom stereocenters. The Bertz CT molecular complexity index is 383. The molecule has 0 bridgehead atoms. The van der Waals surface area contributed by atoms with Gasteiger partial charge in [0.15, 0.2) is 0 Å². The molecule has 17 heavy (non-hydrogen) atoms. The van der Waals surface area contributed by atoms with Crippen molar-refractivity contribution in [2.75, 3.05) is 30.0 Å². The van der Waals surface area contributed by atoms with Crippen molar-refractivity contribution in [2.45, 2.75) is 26.4 Å². The van der Waals surface area contributed by atoms with E-state index in [-0.39, 0.29) is 0 Å². The summed E-state index contributed by atoms with van der Waals surface area (Å²) in [5.74, 6) is 3.22. The maximum Gasteiger partial charge on any atom is 0.225 e. The van der Waals surface area contributed by atoms with Crippen LogP contribution in [0.25, 0.3) is 0 Å². The summed E-state index contributed by atoms with van der Waals surface area (Å²) in [6.07, 6.45) is 1.95. The number of rotatable bonds is 3. The van der Waals surface area contributed by atoms with Crippen LogP contribution in [0.1, 0.15) is 18.2 Å². The Kier molecular flexibility index (Phi) is 4.23. The minimum atomic E-state index is 0.531. The highest BCUT2D eigenvalue weighted by Crippen LogP contribution is 2.21. The lowest BCUT2D eigenvalue weighted by atomic mass is 10.2. The molecule has 0 aliphatic carbocycles. The summed E-state index contributed by atoms with van der Waals surface area (Å²) in [6, 6.07) is 0.531. The molecule has 1 unspecified atom stereocenters. The molecule has 0 aromatic carbocycles. The van der Waals surface area contributed by atoms with Crippen LogP contribution < -0.4 is 10.2 Å². The van der Waals surface area contributed by atoms with Gasteiger partial charge < -0.3 is 10.2 Å². The maximum absolute atomic E-state index is 4.63. The second kappa shape index (κ2) is 5.69. The largest absolute Gasteiger partial charge is 0.336 e. The van der Waals surface area contributed by atoms with Crippen molar-refractivity contribution in [1.29, 1.82) is 0 Å². The molecule has 5 heteroatoms. The highest BCUT2D eigenvalue weighted by Gasteiger charge is 2.21. The third-order valence-electron chi connectivity index (χ3n) is 3.06. The van der Waals surface area contributed by atoms with Crippen molar-refractivity contribution < 1.29 is 0 Å². The molecule has 1 saturated heterocycles. The van der Waals surface area contributed by atoms with E-state index in [9.17, 15) is 0 Å². The molecule has 1 aromatic rings. The SMILES string of the molecule is CNCc1cnc(N2CCSCC2C)nc1C. The lowest BCUT2D eigenvalue weighted by Gasteiger charge is -2.33. The van der Waals surface area contributed by atoms with Crippen LogP contribution >= 0.6 is 11.8 Å². The van der Waals surface area contributed by atoms with E-state index in [0.29, 0.717) is 6.04 Å². The first kappa shape index (κ1) is 12.6. The number of aryl methyl sites for hydroxylation is 1. The number of anilines is 1. The van der Waals surface area contributed by atoms with Gasteiger partial charge in [-0.25, -0.2) is 9.97 Å². The van der Waals surface area contributed by atoms with Gasteiger partial charge in [-0.15, -0.1) is 0 Å². The molecule has 0 amide bonds. The molecule has 2 heterocycles. The van der Waals surface area contributed by atoms with E-state index >= 15 is 0 Å². The summed E-state index contributed by atoms with van der Waals surface area (Å²) in [4.78, 5) is 11.4. The predicted octanol–water partition coefficient (Wildman–Crippen LogP) is 1.45. The quantitative estimate of drug-likeness (QED) is 0.882. The molecule has 1 fully saturated rings. The molecule has 94 valence electrons. The lowest BCUT2D eigenvalue weighted by molar-refractivity contribution is 0.672. The molecular formula is C12H20N4S. The Morgan fingerprint density at radius 2 is 2.41 bits per heavy atom. The summed E-state index contributed by atoms with van der Waals surface area (Å²) in [7, 11) is 1.94. The molecule has 1 aromatic heterocycles. The molecular weight excluding hydrogens is 232 g/mol. The third kappa shape index (κ3) is 2.90. The molecule has 1 aliphatic heterocycles. The highest BCUT2D eigenvalue weighted by molar-refractivity contribution is 7.99. The summed E-state index contributed by atoms with van der Waals surface area (Å²) >= 11 is 2.01. The third-order valence-corrected chi connectivity index (χ3v) is 4.25. The fourth-order valence-electron chi connectivity index (χ4n) is 2.01. The van der Waals surface area contributed by atoms with Crippen LogP contribution in [-0.2, 0) is 6.54 Å². The Morgan fingerprint density at radius 3 is 3.06 bits per heavy atom. The van der Waals surface area contributed by atoms with E-state index in [4.69, 9.17) is 0 Å². The summed E-state index contributed by atoms with van der Waals surface area (Å²) in [6.45, 7) is 6.18. The van der Waals surface area contributed by atoms with E-state index in [0.717, 1.165) is 24.7 Å². The van der Waals surface area contributed by atoms with Gasteiger partial charge in [-0.05, 0) is 20.9 Å². The van der Waals surface area contributed by atoms with Crippen LogP contribution in [0.2, 0.25) is 0 Å². The van der Waals surface area contributed by atoms with Gasteiger partial charge in [0, 0.05) is 48.1 Å². The minimum Gasteiger partial charge on any atom is -0.336 e. The fraction of sp³-hybridized carbons (Fsp3) is 0.667. The monoisotopic (exact) mass is 252 g/mol. The van der Waals surface area contributed by atoms with Crippen LogP contribution in [0.5, 0.6) is 0 Å². The molecule has 0 saturated carbocycles. The Morgan fingerprint density at radius 1 is 1.59 bits per heavy atom. The van der Waals surface area contributed by atoms with E-state index in [2.05, 4.69) is 34.0 Å². The Balaban J connectivity index is 2.18. The highest BCUT2D eigenvalue weighted by atomic mass is 32.2. The Hall–Kier alpha value is -0.810. The number of hydrogen-bond donors (Lipinski definition) is 1. The van der Waals surface area contributed by atoms with Crippen LogP contribution in [0.15, 0.2) is 6.20 Å². The van der Waals surface area contributed by atoms with Crippen molar-refractivity contribution in [3.63, 3.8) is 0 Å². The van der Waals surface area contributed by atoms with Crippen LogP contribution in [0, 0.1) is 6.92 Å². The van der Waals surface area contributed by atoms with Gasteiger partial charge in [-0.3, -0.25) is 0 Å². The first-order chi connectivity index (χ1) is 8.22. The Labute approximate surface area is 107 Å². The molecule has 2 rings (SSSR count). The zero-order chi connectivity index (χ0) is 12.3. The normalized spacial score (nSPS) is 20.6. The van der Waals surface area contributed by atoms with Crippen LogP contribution in [0.3, 0.4) is 0 Å². The second-order valence-electron chi connectivity index (χ2n) is 4.43. The van der Waals surface area contributed by atoms with Gasteiger partial charge in [0.25, 0.3) is 0 Å². The van der Waals surface area contributed by atoms with Gasteiger partial charge in [-0.1, -0.05) is 0 Å².